The van der Waals surface area contributed by atoms with E-state index in [1.165, 1.54) is 12.8 Å². The van der Waals surface area contributed by atoms with Crippen LogP contribution in [0.1, 0.15) is 71.6 Å². The molecule has 6 heteroatoms. The maximum atomic E-state index is 11.9. The Bertz CT molecular complexity index is 507. The number of carbonyl (C=O) groups is 1. The Kier molecular flexibility index (Phi) is 6.16. The highest BCUT2D eigenvalue weighted by Crippen LogP contribution is 2.23. The number of likely N-dealkylation sites (tertiary alicyclic amines) is 1. The van der Waals surface area contributed by atoms with E-state index in [9.17, 15) is 4.79 Å². The fourth-order valence-corrected chi connectivity index (χ4v) is 2.94. The molecule has 130 valence electrons. The standard InChI is InChI=1S/C17H29N3O3/c1-5-14-18-19-15(22-14)12-20-11-7-6-8-13(20)9-10-16(21)23-17(2,3)4/h13H,5-12H2,1-4H3/t13-/m0/s1. The maximum Gasteiger partial charge on any atom is 0.306 e. The number of piperidine rings is 1. The molecule has 0 spiro atoms. The average molecular weight is 323 g/mol. The van der Waals surface area contributed by atoms with E-state index < -0.39 is 5.60 Å². The van der Waals surface area contributed by atoms with Crippen molar-refractivity contribution in [2.45, 2.75) is 84.4 Å². The van der Waals surface area contributed by atoms with Gasteiger partial charge in [0.2, 0.25) is 11.8 Å². The van der Waals surface area contributed by atoms with Crippen molar-refractivity contribution >= 4 is 5.97 Å². The Morgan fingerprint density at radius 2 is 2.04 bits per heavy atom. The lowest BCUT2D eigenvalue weighted by Crippen LogP contribution is -2.39. The van der Waals surface area contributed by atoms with Crippen LogP contribution >= 0.6 is 0 Å². The van der Waals surface area contributed by atoms with Crippen LogP contribution in [0.25, 0.3) is 0 Å². The van der Waals surface area contributed by atoms with Crippen molar-refractivity contribution in [2.24, 2.45) is 0 Å². The number of esters is 1. The van der Waals surface area contributed by atoms with E-state index in [1.807, 2.05) is 27.7 Å². The average Bonchev–Trinajstić information content (AvgIpc) is 2.92. The molecule has 23 heavy (non-hydrogen) atoms. The topological polar surface area (TPSA) is 68.5 Å². The molecule has 0 saturated carbocycles. The number of carbonyl (C=O) groups excluding carboxylic acids is 1. The van der Waals surface area contributed by atoms with Gasteiger partial charge in [0.15, 0.2) is 0 Å². The van der Waals surface area contributed by atoms with Gasteiger partial charge in [-0.05, 0) is 46.6 Å². The fourth-order valence-electron chi connectivity index (χ4n) is 2.94. The molecule has 0 radical (unpaired) electrons. The van der Waals surface area contributed by atoms with Crippen LogP contribution in [0.3, 0.4) is 0 Å². The molecule has 1 atom stereocenters. The van der Waals surface area contributed by atoms with Crippen molar-refractivity contribution in [1.29, 1.82) is 0 Å². The van der Waals surface area contributed by atoms with Crippen LogP contribution in [0.4, 0.5) is 0 Å². The minimum Gasteiger partial charge on any atom is -0.460 e. The Morgan fingerprint density at radius 3 is 2.70 bits per heavy atom. The molecule has 1 aliphatic rings. The second kappa shape index (κ2) is 7.90. The summed E-state index contributed by atoms with van der Waals surface area (Å²) in [5, 5.41) is 8.13. The minimum atomic E-state index is -0.413. The number of hydrogen-bond donors (Lipinski definition) is 0. The molecule has 1 saturated heterocycles. The molecule has 2 heterocycles. The van der Waals surface area contributed by atoms with Gasteiger partial charge in [0.05, 0.1) is 6.54 Å². The highest BCUT2D eigenvalue weighted by Gasteiger charge is 2.26. The molecule has 2 rings (SSSR count). The van der Waals surface area contributed by atoms with E-state index in [0.717, 1.165) is 25.8 Å². The molecule has 1 aromatic rings. The summed E-state index contributed by atoms with van der Waals surface area (Å²) >= 11 is 0. The summed E-state index contributed by atoms with van der Waals surface area (Å²) in [4.78, 5) is 14.3. The lowest BCUT2D eigenvalue weighted by molar-refractivity contribution is -0.155. The van der Waals surface area contributed by atoms with Crippen LogP contribution < -0.4 is 0 Å². The van der Waals surface area contributed by atoms with Gasteiger partial charge in [-0.15, -0.1) is 10.2 Å². The first-order chi connectivity index (χ1) is 10.9. The Balaban J connectivity index is 1.86. The SMILES string of the molecule is CCc1nnc(CN2CCCC[C@H]2CCC(=O)OC(C)(C)C)o1. The minimum absolute atomic E-state index is 0.117. The zero-order valence-electron chi connectivity index (χ0n) is 14.8. The van der Waals surface area contributed by atoms with Crippen molar-refractivity contribution in [3.63, 3.8) is 0 Å². The summed E-state index contributed by atoms with van der Waals surface area (Å²) in [5.41, 5.74) is -0.413. The van der Waals surface area contributed by atoms with Crippen LogP contribution in [-0.4, -0.2) is 39.3 Å². The van der Waals surface area contributed by atoms with Gasteiger partial charge in [0.25, 0.3) is 0 Å². The Morgan fingerprint density at radius 1 is 1.30 bits per heavy atom. The summed E-state index contributed by atoms with van der Waals surface area (Å²) in [7, 11) is 0. The Labute approximate surface area is 138 Å². The van der Waals surface area contributed by atoms with Crippen LogP contribution in [0, 0.1) is 0 Å². The zero-order valence-corrected chi connectivity index (χ0v) is 14.8. The van der Waals surface area contributed by atoms with Crippen molar-refractivity contribution in [3.05, 3.63) is 11.8 Å². The van der Waals surface area contributed by atoms with Crippen LogP contribution in [-0.2, 0) is 22.5 Å². The van der Waals surface area contributed by atoms with Crippen molar-refractivity contribution in [2.75, 3.05) is 6.54 Å². The third kappa shape index (κ3) is 5.94. The predicted octanol–water partition coefficient (Wildman–Crippen LogP) is 3.11. The molecular weight excluding hydrogens is 294 g/mol. The first kappa shape index (κ1) is 17.9. The maximum absolute atomic E-state index is 11.9. The molecular formula is C17H29N3O3. The van der Waals surface area contributed by atoms with E-state index in [2.05, 4.69) is 15.1 Å². The molecule has 0 N–H and O–H groups in total. The number of nitrogens with zero attached hydrogens (tertiary/aromatic N) is 3. The summed E-state index contributed by atoms with van der Waals surface area (Å²) < 4.78 is 11.0. The van der Waals surface area contributed by atoms with Gasteiger partial charge in [-0.1, -0.05) is 13.3 Å². The van der Waals surface area contributed by atoms with Gasteiger partial charge < -0.3 is 9.15 Å². The highest BCUT2D eigenvalue weighted by molar-refractivity contribution is 5.69. The number of hydrogen-bond acceptors (Lipinski definition) is 6. The third-order valence-electron chi connectivity index (χ3n) is 4.00. The molecule has 0 unspecified atom stereocenters. The van der Waals surface area contributed by atoms with Crippen molar-refractivity contribution < 1.29 is 13.9 Å². The lowest BCUT2D eigenvalue weighted by Gasteiger charge is -2.34. The summed E-state index contributed by atoms with van der Waals surface area (Å²) in [5.74, 6) is 1.24. The first-order valence-electron chi connectivity index (χ1n) is 8.64. The predicted molar refractivity (Wildman–Crippen MR) is 86.8 cm³/mol. The molecule has 0 aromatic carbocycles. The molecule has 0 aliphatic carbocycles. The molecule has 0 amide bonds. The monoisotopic (exact) mass is 323 g/mol. The van der Waals surface area contributed by atoms with Gasteiger partial charge >= 0.3 is 5.97 Å². The van der Waals surface area contributed by atoms with E-state index in [0.29, 0.717) is 30.8 Å². The van der Waals surface area contributed by atoms with E-state index in [4.69, 9.17) is 9.15 Å². The first-order valence-corrected chi connectivity index (χ1v) is 8.64. The van der Waals surface area contributed by atoms with Gasteiger partial charge in [0.1, 0.15) is 5.60 Å². The summed E-state index contributed by atoms with van der Waals surface area (Å²) in [6.07, 6.45) is 5.54. The second-order valence-electron chi connectivity index (χ2n) is 7.19. The van der Waals surface area contributed by atoms with E-state index in [-0.39, 0.29) is 5.97 Å². The van der Waals surface area contributed by atoms with Crippen molar-refractivity contribution in [3.8, 4) is 0 Å². The van der Waals surface area contributed by atoms with Crippen LogP contribution in [0.5, 0.6) is 0 Å². The summed E-state index contributed by atoms with van der Waals surface area (Å²) in [6, 6.07) is 0.383. The molecule has 1 fully saturated rings. The zero-order chi connectivity index (χ0) is 16.9. The van der Waals surface area contributed by atoms with Gasteiger partial charge in [-0.2, -0.15) is 0 Å². The van der Waals surface area contributed by atoms with Gasteiger partial charge in [-0.3, -0.25) is 9.69 Å². The molecule has 0 bridgehead atoms. The molecule has 1 aliphatic heterocycles. The fraction of sp³-hybridized carbons (Fsp3) is 0.824. The quantitative estimate of drug-likeness (QED) is 0.749. The third-order valence-corrected chi connectivity index (χ3v) is 4.00. The number of rotatable bonds is 6. The van der Waals surface area contributed by atoms with E-state index >= 15 is 0 Å². The summed E-state index contributed by atoms with van der Waals surface area (Å²) in [6.45, 7) is 9.40. The van der Waals surface area contributed by atoms with Gasteiger partial charge in [-0.25, -0.2) is 0 Å². The smallest absolute Gasteiger partial charge is 0.306 e. The van der Waals surface area contributed by atoms with E-state index in [1.54, 1.807) is 0 Å². The second-order valence-corrected chi connectivity index (χ2v) is 7.19. The molecule has 6 nitrogen and oxygen atoms in total. The number of aryl methyl sites for hydroxylation is 1. The highest BCUT2D eigenvalue weighted by atomic mass is 16.6. The van der Waals surface area contributed by atoms with Crippen molar-refractivity contribution in [1.82, 2.24) is 15.1 Å². The van der Waals surface area contributed by atoms with Crippen LogP contribution in [0.2, 0.25) is 0 Å². The van der Waals surface area contributed by atoms with Gasteiger partial charge in [0, 0.05) is 18.9 Å². The largest absolute Gasteiger partial charge is 0.460 e. The molecule has 1 aromatic heterocycles. The van der Waals surface area contributed by atoms with Crippen LogP contribution in [0.15, 0.2) is 4.42 Å². The lowest BCUT2D eigenvalue weighted by atomic mass is 9.98. The number of aromatic nitrogens is 2. The normalized spacial score (nSPS) is 19.7. The Hall–Kier alpha value is -1.43. The number of ether oxygens (including phenoxy) is 1.